The van der Waals surface area contributed by atoms with E-state index in [1.54, 1.807) is 4.90 Å². The molecule has 1 amide bonds. The predicted octanol–water partition coefficient (Wildman–Crippen LogP) is 3.13. The van der Waals surface area contributed by atoms with Crippen LogP contribution in [0.3, 0.4) is 0 Å². The average Bonchev–Trinajstić information content (AvgIpc) is 3.24. The van der Waals surface area contributed by atoms with Crippen molar-refractivity contribution in [3.05, 3.63) is 35.9 Å². The van der Waals surface area contributed by atoms with E-state index in [4.69, 9.17) is 9.47 Å². The normalized spacial score (nSPS) is 21.8. The Kier molecular flexibility index (Phi) is 4.55. The van der Waals surface area contributed by atoms with E-state index in [0.29, 0.717) is 13.2 Å². The summed E-state index contributed by atoms with van der Waals surface area (Å²) < 4.78 is 10.7. The summed E-state index contributed by atoms with van der Waals surface area (Å²) in [4.78, 5) is 26.4. The summed E-state index contributed by atoms with van der Waals surface area (Å²) in [7, 11) is 0. The molecule has 2 fully saturated rings. The Hall–Kier alpha value is -2.04. The number of benzene rings is 1. The second-order valence-corrected chi connectivity index (χ2v) is 6.27. The summed E-state index contributed by atoms with van der Waals surface area (Å²) in [5.41, 5.74) is 0.473. The average molecular weight is 317 g/mol. The third-order valence-corrected chi connectivity index (χ3v) is 4.80. The van der Waals surface area contributed by atoms with Crippen LogP contribution in [0.2, 0.25) is 0 Å². The van der Waals surface area contributed by atoms with Crippen molar-refractivity contribution >= 4 is 12.1 Å². The van der Waals surface area contributed by atoms with Crippen molar-refractivity contribution in [3.63, 3.8) is 0 Å². The standard InChI is InChI=1S/C18H23NO4/c1-2-22-16(20)18(10-11-18)15-9-6-12-19(15)17(21)23-13-14-7-4-3-5-8-14/h3-5,7-8,15H,2,6,9-13H2,1H3. The lowest BCUT2D eigenvalue weighted by Gasteiger charge is -2.29. The zero-order valence-corrected chi connectivity index (χ0v) is 13.5. The molecule has 0 aromatic heterocycles. The molecule has 1 unspecified atom stereocenters. The fourth-order valence-electron chi connectivity index (χ4n) is 3.44. The molecule has 0 N–H and O–H groups in total. The SMILES string of the molecule is CCOC(=O)C1(C2CCCN2C(=O)OCc2ccccc2)CC1. The van der Waals surface area contributed by atoms with Crippen molar-refractivity contribution in [1.29, 1.82) is 0 Å². The Balaban J connectivity index is 1.62. The lowest BCUT2D eigenvalue weighted by atomic mass is 9.94. The van der Waals surface area contributed by atoms with E-state index >= 15 is 0 Å². The molecule has 23 heavy (non-hydrogen) atoms. The number of carbonyl (C=O) groups excluding carboxylic acids is 2. The molecule has 1 heterocycles. The van der Waals surface area contributed by atoms with Crippen LogP contribution in [0.4, 0.5) is 4.79 Å². The maximum atomic E-state index is 12.4. The number of hydrogen-bond acceptors (Lipinski definition) is 4. The Bertz CT molecular complexity index is 568. The van der Waals surface area contributed by atoms with Gasteiger partial charge in [-0.05, 0) is 38.2 Å². The summed E-state index contributed by atoms with van der Waals surface area (Å²) in [6.45, 7) is 3.11. The minimum absolute atomic E-state index is 0.0789. The van der Waals surface area contributed by atoms with Gasteiger partial charge in [0.15, 0.2) is 0 Å². The molecule has 1 aromatic rings. The topological polar surface area (TPSA) is 55.8 Å². The molecule has 3 rings (SSSR count). The van der Waals surface area contributed by atoms with Gasteiger partial charge in [0.1, 0.15) is 6.61 Å². The van der Waals surface area contributed by atoms with Gasteiger partial charge in [-0.1, -0.05) is 30.3 Å². The van der Waals surface area contributed by atoms with Gasteiger partial charge in [0, 0.05) is 6.54 Å². The summed E-state index contributed by atoms with van der Waals surface area (Å²) in [6, 6.07) is 9.54. The Morgan fingerprint density at radius 2 is 1.96 bits per heavy atom. The summed E-state index contributed by atoms with van der Waals surface area (Å²) >= 11 is 0. The first-order valence-electron chi connectivity index (χ1n) is 8.32. The summed E-state index contributed by atoms with van der Waals surface area (Å²) in [5.74, 6) is -0.159. The third-order valence-electron chi connectivity index (χ3n) is 4.80. The van der Waals surface area contributed by atoms with Crippen LogP contribution in [0, 0.1) is 5.41 Å². The highest BCUT2D eigenvalue weighted by Gasteiger charge is 2.60. The molecule has 124 valence electrons. The van der Waals surface area contributed by atoms with Crippen LogP contribution in [-0.4, -0.2) is 36.2 Å². The zero-order valence-electron chi connectivity index (χ0n) is 13.5. The van der Waals surface area contributed by atoms with E-state index in [9.17, 15) is 9.59 Å². The molecule has 0 spiro atoms. The minimum Gasteiger partial charge on any atom is -0.466 e. The third kappa shape index (κ3) is 3.19. The van der Waals surface area contributed by atoms with E-state index in [-0.39, 0.29) is 24.7 Å². The second-order valence-electron chi connectivity index (χ2n) is 6.27. The second kappa shape index (κ2) is 6.60. The molecule has 1 aliphatic heterocycles. The molecular weight excluding hydrogens is 294 g/mol. The number of nitrogens with zero attached hydrogens (tertiary/aromatic N) is 1. The van der Waals surface area contributed by atoms with E-state index in [2.05, 4.69) is 0 Å². The van der Waals surface area contributed by atoms with Crippen molar-refractivity contribution in [2.24, 2.45) is 5.41 Å². The maximum Gasteiger partial charge on any atom is 0.410 e. The lowest BCUT2D eigenvalue weighted by molar-refractivity contribution is -0.152. The van der Waals surface area contributed by atoms with Gasteiger partial charge in [-0.25, -0.2) is 4.79 Å². The molecule has 5 heteroatoms. The Labute approximate surface area is 136 Å². The highest BCUT2D eigenvalue weighted by atomic mass is 16.6. The highest BCUT2D eigenvalue weighted by molar-refractivity contribution is 5.82. The van der Waals surface area contributed by atoms with Gasteiger partial charge in [0.05, 0.1) is 18.1 Å². The first-order chi connectivity index (χ1) is 11.2. The quantitative estimate of drug-likeness (QED) is 0.783. The molecule has 1 saturated heterocycles. The van der Waals surface area contributed by atoms with Crippen LogP contribution in [0.25, 0.3) is 0 Å². The van der Waals surface area contributed by atoms with Gasteiger partial charge in [-0.2, -0.15) is 0 Å². The number of hydrogen-bond donors (Lipinski definition) is 0. The molecular formula is C18H23NO4. The Morgan fingerprint density at radius 3 is 2.61 bits per heavy atom. The molecule has 0 radical (unpaired) electrons. The van der Waals surface area contributed by atoms with Crippen molar-refractivity contribution in [3.8, 4) is 0 Å². The van der Waals surface area contributed by atoms with Gasteiger partial charge in [0.25, 0.3) is 0 Å². The first-order valence-corrected chi connectivity index (χ1v) is 8.32. The van der Waals surface area contributed by atoms with Crippen LogP contribution in [0.5, 0.6) is 0 Å². The van der Waals surface area contributed by atoms with Gasteiger partial charge in [-0.15, -0.1) is 0 Å². The zero-order chi connectivity index (χ0) is 16.3. The van der Waals surface area contributed by atoms with Crippen LogP contribution in [0.1, 0.15) is 38.2 Å². The van der Waals surface area contributed by atoms with Gasteiger partial charge in [-0.3, -0.25) is 4.79 Å². The number of carbonyl (C=O) groups is 2. The number of likely N-dealkylation sites (tertiary alicyclic amines) is 1. The molecule has 2 aliphatic rings. The molecule has 1 aromatic carbocycles. The Morgan fingerprint density at radius 1 is 1.22 bits per heavy atom. The van der Waals surface area contributed by atoms with Crippen molar-refractivity contribution in [2.45, 2.75) is 45.3 Å². The van der Waals surface area contributed by atoms with Crippen molar-refractivity contribution < 1.29 is 19.1 Å². The predicted molar refractivity (Wildman–Crippen MR) is 84.7 cm³/mol. The van der Waals surface area contributed by atoms with E-state index in [1.165, 1.54) is 0 Å². The summed E-state index contributed by atoms with van der Waals surface area (Å²) in [6.07, 6.45) is 3.04. The van der Waals surface area contributed by atoms with Gasteiger partial charge in [0.2, 0.25) is 0 Å². The van der Waals surface area contributed by atoms with Crippen molar-refractivity contribution in [1.82, 2.24) is 4.90 Å². The minimum atomic E-state index is -0.488. The lowest BCUT2D eigenvalue weighted by Crippen LogP contribution is -2.45. The van der Waals surface area contributed by atoms with Gasteiger partial charge >= 0.3 is 12.1 Å². The number of amides is 1. The van der Waals surface area contributed by atoms with E-state index in [1.807, 2.05) is 37.3 Å². The van der Waals surface area contributed by atoms with E-state index < -0.39 is 5.41 Å². The fraction of sp³-hybridized carbons (Fsp3) is 0.556. The van der Waals surface area contributed by atoms with Crippen LogP contribution in [0.15, 0.2) is 30.3 Å². The monoisotopic (exact) mass is 317 g/mol. The summed E-state index contributed by atoms with van der Waals surface area (Å²) in [5, 5.41) is 0. The van der Waals surface area contributed by atoms with Crippen molar-refractivity contribution in [2.75, 3.05) is 13.2 Å². The highest BCUT2D eigenvalue weighted by Crippen LogP contribution is 2.54. The number of ether oxygens (including phenoxy) is 2. The molecule has 1 aliphatic carbocycles. The molecule has 1 saturated carbocycles. The van der Waals surface area contributed by atoms with Crippen LogP contribution in [-0.2, 0) is 20.9 Å². The number of rotatable bonds is 5. The maximum absolute atomic E-state index is 12.4. The fourth-order valence-corrected chi connectivity index (χ4v) is 3.44. The first kappa shape index (κ1) is 15.8. The molecule has 1 atom stereocenters. The molecule has 0 bridgehead atoms. The smallest absolute Gasteiger partial charge is 0.410 e. The van der Waals surface area contributed by atoms with Gasteiger partial charge < -0.3 is 14.4 Å². The largest absolute Gasteiger partial charge is 0.466 e. The molecule has 5 nitrogen and oxygen atoms in total. The number of esters is 1. The van der Waals surface area contributed by atoms with Crippen LogP contribution >= 0.6 is 0 Å². The van der Waals surface area contributed by atoms with Crippen LogP contribution < -0.4 is 0 Å². The van der Waals surface area contributed by atoms with E-state index in [0.717, 1.165) is 31.2 Å².